The fourth-order valence-corrected chi connectivity index (χ4v) is 4.51. The molecule has 0 saturated carbocycles. The first-order valence-corrected chi connectivity index (χ1v) is 11.0. The third-order valence-corrected chi connectivity index (χ3v) is 6.50. The van der Waals surface area contributed by atoms with Gasteiger partial charge in [0.25, 0.3) is 10.0 Å². The van der Waals surface area contributed by atoms with E-state index in [9.17, 15) is 22.0 Å². The summed E-state index contributed by atoms with van der Waals surface area (Å²) in [6.07, 6.45) is 0. The van der Waals surface area contributed by atoms with Crippen LogP contribution in [0.25, 0.3) is 0 Å². The second-order valence-corrected chi connectivity index (χ2v) is 9.23. The minimum atomic E-state index is -4.13. The van der Waals surface area contributed by atoms with E-state index >= 15 is 0 Å². The van der Waals surface area contributed by atoms with Crippen molar-refractivity contribution in [3.63, 3.8) is 0 Å². The summed E-state index contributed by atoms with van der Waals surface area (Å²) in [5.41, 5.74) is 0.453. The van der Waals surface area contributed by atoms with Gasteiger partial charge in [-0.2, -0.15) is 0 Å². The number of halogens is 3. The number of nitrogens with one attached hydrogen (secondary N) is 1. The molecule has 0 unspecified atom stereocenters. The molecule has 0 aromatic heterocycles. The summed E-state index contributed by atoms with van der Waals surface area (Å²) in [4.78, 5) is 12.5. The number of carbonyl (C=O) groups excluding carboxylic acids is 1. The first-order chi connectivity index (χ1) is 14.2. The van der Waals surface area contributed by atoms with E-state index in [0.29, 0.717) is 4.47 Å². The molecule has 0 radical (unpaired) electrons. The van der Waals surface area contributed by atoms with Crippen molar-refractivity contribution in [2.24, 2.45) is 0 Å². The van der Waals surface area contributed by atoms with Crippen molar-refractivity contribution < 1.29 is 22.0 Å². The highest BCUT2D eigenvalue weighted by Crippen LogP contribution is 2.27. The Morgan fingerprint density at radius 1 is 1.00 bits per heavy atom. The fourth-order valence-electron chi connectivity index (χ4n) is 2.71. The Morgan fingerprint density at radius 2 is 1.60 bits per heavy atom. The first-order valence-electron chi connectivity index (χ1n) is 8.77. The van der Waals surface area contributed by atoms with E-state index < -0.39 is 39.8 Å². The number of para-hydroxylation sites is 1. The molecule has 0 aliphatic rings. The molecule has 0 heterocycles. The molecule has 0 spiro atoms. The van der Waals surface area contributed by atoms with E-state index in [1.807, 2.05) is 6.92 Å². The van der Waals surface area contributed by atoms with Gasteiger partial charge in [0.05, 0.1) is 10.6 Å². The Labute approximate surface area is 181 Å². The van der Waals surface area contributed by atoms with E-state index in [1.165, 1.54) is 24.3 Å². The number of amides is 1. The molecule has 0 aliphatic heterocycles. The standard InChI is InChI=1S/C21H17BrF2N2O3S/c1-14-8-10-17(11-9-14)30(28,29)26(16-5-2-4-15(22)12-16)13-20(27)25-21-18(23)6-3-7-19(21)24/h2-12H,13H2,1H3,(H,25,27). The molecule has 5 nitrogen and oxygen atoms in total. The summed E-state index contributed by atoms with van der Waals surface area (Å²) in [6, 6.07) is 15.7. The lowest BCUT2D eigenvalue weighted by molar-refractivity contribution is -0.114. The van der Waals surface area contributed by atoms with Gasteiger partial charge in [0.1, 0.15) is 23.9 Å². The van der Waals surface area contributed by atoms with Crippen LogP contribution in [-0.4, -0.2) is 20.9 Å². The summed E-state index contributed by atoms with van der Waals surface area (Å²) in [5.74, 6) is -2.81. The average Bonchev–Trinajstić information content (AvgIpc) is 2.69. The first kappa shape index (κ1) is 21.9. The Kier molecular flexibility index (Phi) is 6.52. The average molecular weight is 495 g/mol. The molecule has 9 heteroatoms. The van der Waals surface area contributed by atoms with E-state index in [-0.39, 0.29) is 10.6 Å². The SMILES string of the molecule is Cc1ccc(S(=O)(=O)N(CC(=O)Nc2c(F)cccc2F)c2cccc(Br)c2)cc1. The maximum Gasteiger partial charge on any atom is 0.264 e. The van der Waals surface area contributed by atoms with Crippen molar-refractivity contribution in [3.05, 3.63) is 88.4 Å². The summed E-state index contributed by atoms with van der Waals surface area (Å²) in [5, 5.41) is 2.12. The van der Waals surface area contributed by atoms with Gasteiger partial charge in [-0.1, -0.05) is 45.8 Å². The second kappa shape index (κ2) is 8.93. The lowest BCUT2D eigenvalue weighted by atomic mass is 10.2. The lowest BCUT2D eigenvalue weighted by Crippen LogP contribution is -2.38. The number of nitrogens with zero attached hydrogens (tertiary/aromatic N) is 1. The minimum Gasteiger partial charge on any atom is -0.320 e. The number of hydrogen-bond donors (Lipinski definition) is 1. The number of anilines is 2. The van der Waals surface area contributed by atoms with Crippen LogP contribution in [0.15, 0.2) is 76.1 Å². The van der Waals surface area contributed by atoms with Crippen molar-refractivity contribution >= 4 is 43.2 Å². The van der Waals surface area contributed by atoms with E-state index in [4.69, 9.17) is 0 Å². The summed E-state index contributed by atoms with van der Waals surface area (Å²) in [7, 11) is -4.13. The number of benzene rings is 3. The molecular weight excluding hydrogens is 478 g/mol. The highest BCUT2D eigenvalue weighted by Gasteiger charge is 2.28. The van der Waals surface area contributed by atoms with E-state index in [0.717, 1.165) is 28.1 Å². The quantitative estimate of drug-likeness (QED) is 0.531. The number of carbonyl (C=O) groups is 1. The normalized spacial score (nSPS) is 11.2. The second-order valence-electron chi connectivity index (χ2n) is 6.45. The Balaban J connectivity index is 1.98. The smallest absolute Gasteiger partial charge is 0.264 e. The van der Waals surface area contributed by atoms with Gasteiger partial charge in [-0.3, -0.25) is 9.10 Å². The minimum absolute atomic E-state index is 0.0158. The van der Waals surface area contributed by atoms with Gasteiger partial charge >= 0.3 is 0 Å². The largest absolute Gasteiger partial charge is 0.320 e. The molecule has 1 amide bonds. The Morgan fingerprint density at radius 3 is 2.20 bits per heavy atom. The van der Waals surface area contributed by atoms with Gasteiger partial charge in [-0.05, 0) is 49.4 Å². The fraction of sp³-hybridized carbons (Fsp3) is 0.0952. The van der Waals surface area contributed by atoms with E-state index in [1.54, 1.807) is 24.3 Å². The van der Waals surface area contributed by atoms with Crippen LogP contribution in [0.2, 0.25) is 0 Å². The van der Waals surface area contributed by atoms with Gasteiger partial charge in [0, 0.05) is 4.47 Å². The van der Waals surface area contributed by atoms with Crippen LogP contribution >= 0.6 is 15.9 Å². The zero-order chi connectivity index (χ0) is 21.9. The molecule has 30 heavy (non-hydrogen) atoms. The molecule has 3 aromatic carbocycles. The van der Waals surface area contributed by atoms with Crippen LogP contribution in [0.3, 0.4) is 0 Å². The van der Waals surface area contributed by atoms with Crippen LogP contribution in [0, 0.1) is 18.6 Å². The predicted molar refractivity (Wildman–Crippen MR) is 115 cm³/mol. The third-order valence-electron chi connectivity index (χ3n) is 4.22. The van der Waals surface area contributed by atoms with Crippen molar-refractivity contribution in [2.45, 2.75) is 11.8 Å². The molecule has 3 aromatic rings. The Bertz CT molecular complexity index is 1160. The lowest BCUT2D eigenvalue weighted by Gasteiger charge is -2.24. The van der Waals surface area contributed by atoms with Crippen LogP contribution in [0.1, 0.15) is 5.56 Å². The molecular formula is C21H17BrF2N2O3S. The number of aryl methyl sites for hydroxylation is 1. The van der Waals surface area contributed by atoms with Crippen molar-refractivity contribution in [3.8, 4) is 0 Å². The van der Waals surface area contributed by atoms with Gasteiger partial charge in [0.15, 0.2) is 0 Å². The van der Waals surface area contributed by atoms with Crippen LogP contribution in [-0.2, 0) is 14.8 Å². The van der Waals surface area contributed by atoms with Crippen LogP contribution < -0.4 is 9.62 Å². The maximum atomic E-state index is 13.9. The van der Waals surface area contributed by atoms with E-state index in [2.05, 4.69) is 21.2 Å². The van der Waals surface area contributed by atoms with Gasteiger partial charge < -0.3 is 5.32 Å². The van der Waals surface area contributed by atoms with Crippen molar-refractivity contribution in [1.29, 1.82) is 0 Å². The van der Waals surface area contributed by atoms with Gasteiger partial charge in [-0.15, -0.1) is 0 Å². The predicted octanol–water partition coefficient (Wildman–Crippen LogP) is 4.87. The monoisotopic (exact) mass is 494 g/mol. The highest BCUT2D eigenvalue weighted by atomic mass is 79.9. The van der Waals surface area contributed by atoms with Crippen molar-refractivity contribution in [1.82, 2.24) is 0 Å². The summed E-state index contributed by atoms with van der Waals surface area (Å²) in [6.45, 7) is 1.14. The number of rotatable bonds is 6. The molecule has 1 N–H and O–H groups in total. The zero-order valence-electron chi connectivity index (χ0n) is 15.8. The number of sulfonamides is 1. The van der Waals surface area contributed by atoms with Crippen LogP contribution in [0.5, 0.6) is 0 Å². The van der Waals surface area contributed by atoms with Gasteiger partial charge in [-0.25, -0.2) is 17.2 Å². The molecule has 0 fully saturated rings. The molecule has 0 aliphatic carbocycles. The molecule has 156 valence electrons. The number of hydrogen-bond acceptors (Lipinski definition) is 3. The van der Waals surface area contributed by atoms with Crippen LogP contribution in [0.4, 0.5) is 20.2 Å². The zero-order valence-corrected chi connectivity index (χ0v) is 18.2. The molecule has 0 saturated heterocycles. The Hall–Kier alpha value is -2.78. The topological polar surface area (TPSA) is 66.5 Å². The van der Waals surface area contributed by atoms with Crippen molar-refractivity contribution in [2.75, 3.05) is 16.2 Å². The maximum absolute atomic E-state index is 13.9. The van der Waals surface area contributed by atoms with Gasteiger partial charge in [0.2, 0.25) is 5.91 Å². The molecule has 0 bridgehead atoms. The molecule has 0 atom stereocenters. The summed E-state index contributed by atoms with van der Waals surface area (Å²) >= 11 is 3.28. The third kappa shape index (κ3) is 4.85. The highest BCUT2D eigenvalue weighted by molar-refractivity contribution is 9.10. The summed E-state index contributed by atoms with van der Waals surface area (Å²) < 4.78 is 55.7. The molecule has 3 rings (SSSR count).